The average molecular weight is 211 g/mol. The first-order valence-electron chi connectivity index (χ1n) is 6.62. The summed E-state index contributed by atoms with van der Waals surface area (Å²) in [5.74, 6) is 1.88. The fourth-order valence-corrected chi connectivity index (χ4v) is 2.26. The largest absolute Gasteiger partial charge is 0.392 e. The maximum absolute atomic E-state index is 9.92. The highest BCUT2D eigenvalue weighted by atomic mass is 16.3. The first kappa shape index (κ1) is 11.4. The molecule has 2 aliphatic rings. The van der Waals surface area contributed by atoms with Crippen molar-refractivity contribution in [3.8, 4) is 0 Å². The SMILES string of the molecule is CCC(O)C(C)N(CC1CC1)CC1CC1. The predicted octanol–water partition coefficient (Wildman–Crippen LogP) is 2.27. The van der Waals surface area contributed by atoms with Gasteiger partial charge in [-0.2, -0.15) is 0 Å². The lowest BCUT2D eigenvalue weighted by atomic mass is 10.1. The van der Waals surface area contributed by atoms with Crippen molar-refractivity contribution in [3.63, 3.8) is 0 Å². The molecule has 2 aliphatic carbocycles. The normalized spacial score (nSPS) is 25.6. The Bertz CT molecular complexity index is 185. The van der Waals surface area contributed by atoms with E-state index < -0.39 is 0 Å². The molecule has 2 nitrogen and oxygen atoms in total. The van der Waals surface area contributed by atoms with E-state index in [2.05, 4.69) is 18.7 Å². The zero-order valence-electron chi connectivity index (χ0n) is 10.2. The summed E-state index contributed by atoms with van der Waals surface area (Å²) in [6.07, 6.45) is 6.40. The van der Waals surface area contributed by atoms with Gasteiger partial charge in [-0.15, -0.1) is 0 Å². The van der Waals surface area contributed by atoms with Gasteiger partial charge in [-0.25, -0.2) is 0 Å². The third kappa shape index (κ3) is 3.46. The highest BCUT2D eigenvalue weighted by molar-refractivity contribution is 4.86. The minimum Gasteiger partial charge on any atom is -0.392 e. The molecular weight excluding hydrogens is 186 g/mol. The lowest BCUT2D eigenvalue weighted by Crippen LogP contribution is -2.43. The first-order chi connectivity index (χ1) is 7.20. The van der Waals surface area contributed by atoms with Gasteiger partial charge >= 0.3 is 0 Å². The zero-order valence-corrected chi connectivity index (χ0v) is 10.2. The second-order valence-corrected chi connectivity index (χ2v) is 5.56. The van der Waals surface area contributed by atoms with E-state index in [0.29, 0.717) is 6.04 Å². The molecule has 88 valence electrons. The molecule has 0 aliphatic heterocycles. The molecule has 2 unspecified atom stereocenters. The van der Waals surface area contributed by atoms with Gasteiger partial charge in [-0.05, 0) is 50.9 Å². The van der Waals surface area contributed by atoms with Crippen molar-refractivity contribution in [2.24, 2.45) is 11.8 Å². The first-order valence-corrected chi connectivity index (χ1v) is 6.62. The molecule has 0 aromatic heterocycles. The van der Waals surface area contributed by atoms with E-state index in [9.17, 15) is 5.11 Å². The monoisotopic (exact) mass is 211 g/mol. The van der Waals surface area contributed by atoms with Gasteiger partial charge in [-0.1, -0.05) is 6.92 Å². The standard InChI is InChI=1S/C13H25NO/c1-3-13(15)10(2)14(8-11-4-5-11)9-12-6-7-12/h10-13,15H,3-9H2,1-2H3. The lowest BCUT2D eigenvalue weighted by molar-refractivity contribution is 0.0506. The molecule has 2 rings (SSSR count). The Labute approximate surface area is 93.7 Å². The minimum absolute atomic E-state index is 0.137. The Morgan fingerprint density at radius 1 is 1.13 bits per heavy atom. The number of nitrogens with zero attached hydrogens (tertiary/aromatic N) is 1. The van der Waals surface area contributed by atoms with Crippen LogP contribution in [0.15, 0.2) is 0 Å². The van der Waals surface area contributed by atoms with Crippen molar-refractivity contribution in [2.75, 3.05) is 13.1 Å². The molecule has 2 fully saturated rings. The Kier molecular flexibility index (Phi) is 3.68. The lowest BCUT2D eigenvalue weighted by Gasteiger charge is -2.32. The molecule has 0 heterocycles. The van der Waals surface area contributed by atoms with Crippen molar-refractivity contribution in [3.05, 3.63) is 0 Å². The van der Waals surface area contributed by atoms with Crippen molar-refractivity contribution in [1.82, 2.24) is 4.90 Å². The molecule has 0 bridgehead atoms. The molecule has 0 spiro atoms. The van der Waals surface area contributed by atoms with Crippen LogP contribution in [0, 0.1) is 11.8 Å². The van der Waals surface area contributed by atoms with Crippen molar-refractivity contribution >= 4 is 0 Å². The summed E-state index contributed by atoms with van der Waals surface area (Å²) in [4.78, 5) is 2.55. The van der Waals surface area contributed by atoms with Crippen LogP contribution in [0.4, 0.5) is 0 Å². The predicted molar refractivity (Wildman–Crippen MR) is 62.8 cm³/mol. The van der Waals surface area contributed by atoms with E-state index in [1.54, 1.807) is 0 Å². The Morgan fingerprint density at radius 2 is 1.60 bits per heavy atom. The van der Waals surface area contributed by atoms with Crippen LogP contribution in [0.1, 0.15) is 46.0 Å². The maximum atomic E-state index is 9.92. The molecule has 0 aromatic carbocycles. The maximum Gasteiger partial charge on any atom is 0.0690 e. The fourth-order valence-electron chi connectivity index (χ4n) is 2.26. The summed E-state index contributed by atoms with van der Waals surface area (Å²) in [6, 6.07) is 0.358. The van der Waals surface area contributed by atoms with Gasteiger partial charge in [0.15, 0.2) is 0 Å². The Morgan fingerprint density at radius 3 is 1.93 bits per heavy atom. The van der Waals surface area contributed by atoms with E-state index >= 15 is 0 Å². The van der Waals surface area contributed by atoms with E-state index in [1.807, 2.05) is 0 Å². The Hall–Kier alpha value is -0.0800. The third-order valence-electron chi connectivity index (χ3n) is 3.93. The van der Waals surface area contributed by atoms with Crippen LogP contribution < -0.4 is 0 Å². The molecule has 0 radical (unpaired) electrons. The van der Waals surface area contributed by atoms with Gasteiger partial charge in [0, 0.05) is 19.1 Å². The van der Waals surface area contributed by atoms with Crippen LogP contribution >= 0.6 is 0 Å². The van der Waals surface area contributed by atoms with Gasteiger partial charge < -0.3 is 5.11 Å². The molecule has 2 atom stereocenters. The van der Waals surface area contributed by atoms with Gasteiger partial charge in [0.1, 0.15) is 0 Å². The topological polar surface area (TPSA) is 23.5 Å². The number of hydrogen-bond acceptors (Lipinski definition) is 2. The van der Waals surface area contributed by atoms with E-state index in [-0.39, 0.29) is 6.10 Å². The van der Waals surface area contributed by atoms with Gasteiger partial charge in [0.2, 0.25) is 0 Å². The molecule has 2 saturated carbocycles. The summed E-state index contributed by atoms with van der Waals surface area (Å²) in [7, 11) is 0. The number of aliphatic hydroxyl groups is 1. The van der Waals surface area contributed by atoms with Crippen LogP contribution in [0.2, 0.25) is 0 Å². The number of hydrogen-bond donors (Lipinski definition) is 1. The molecule has 2 heteroatoms. The summed E-state index contributed by atoms with van der Waals surface area (Å²) < 4.78 is 0. The smallest absolute Gasteiger partial charge is 0.0690 e. The fraction of sp³-hybridized carbons (Fsp3) is 1.00. The second kappa shape index (κ2) is 4.84. The van der Waals surface area contributed by atoms with Gasteiger partial charge in [0.25, 0.3) is 0 Å². The molecule has 1 N–H and O–H groups in total. The molecule has 0 aromatic rings. The van der Waals surface area contributed by atoms with Crippen molar-refractivity contribution in [1.29, 1.82) is 0 Å². The molecule has 15 heavy (non-hydrogen) atoms. The van der Waals surface area contributed by atoms with Crippen LogP contribution in [0.3, 0.4) is 0 Å². The minimum atomic E-state index is -0.137. The van der Waals surface area contributed by atoms with Crippen molar-refractivity contribution in [2.45, 2.75) is 58.1 Å². The third-order valence-corrected chi connectivity index (χ3v) is 3.93. The highest BCUT2D eigenvalue weighted by Crippen LogP contribution is 2.34. The van der Waals surface area contributed by atoms with Gasteiger partial charge in [0.05, 0.1) is 6.10 Å². The summed E-state index contributed by atoms with van der Waals surface area (Å²) in [5, 5.41) is 9.92. The molecule has 0 saturated heterocycles. The quantitative estimate of drug-likeness (QED) is 0.698. The van der Waals surface area contributed by atoms with Crippen LogP contribution in [0.25, 0.3) is 0 Å². The van der Waals surface area contributed by atoms with Gasteiger partial charge in [-0.3, -0.25) is 4.90 Å². The number of aliphatic hydroxyl groups excluding tert-OH is 1. The van der Waals surface area contributed by atoms with Crippen LogP contribution in [-0.2, 0) is 0 Å². The highest BCUT2D eigenvalue weighted by Gasteiger charge is 2.32. The molecular formula is C13H25NO. The number of rotatable bonds is 7. The second-order valence-electron chi connectivity index (χ2n) is 5.56. The van der Waals surface area contributed by atoms with Crippen molar-refractivity contribution < 1.29 is 5.11 Å². The van der Waals surface area contributed by atoms with Crippen LogP contribution in [0.5, 0.6) is 0 Å². The Balaban J connectivity index is 1.82. The summed E-state index contributed by atoms with van der Waals surface area (Å²) in [6.45, 7) is 6.73. The summed E-state index contributed by atoms with van der Waals surface area (Å²) in [5.41, 5.74) is 0. The average Bonchev–Trinajstić information content (AvgIpc) is 3.08. The molecule has 0 amide bonds. The van der Waals surface area contributed by atoms with Crippen LogP contribution in [-0.4, -0.2) is 35.2 Å². The van der Waals surface area contributed by atoms with E-state index in [1.165, 1.54) is 38.8 Å². The zero-order chi connectivity index (χ0) is 10.8. The van der Waals surface area contributed by atoms with E-state index in [4.69, 9.17) is 0 Å². The van der Waals surface area contributed by atoms with E-state index in [0.717, 1.165) is 18.3 Å². The summed E-state index contributed by atoms with van der Waals surface area (Å²) >= 11 is 0.